The van der Waals surface area contributed by atoms with Gasteiger partial charge < -0.3 is 15.5 Å². The molecule has 0 radical (unpaired) electrons. The SMILES string of the molecule is CC1(CN)CCN(C[C@H]2CN(c3ccc(C#N)c4nccnc34)CC2F)C1. The Morgan fingerprint density at radius 2 is 2.07 bits per heavy atom. The van der Waals surface area contributed by atoms with Gasteiger partial charge in [-0.05, 0) is 37.1 Å². The Balaban J connectivity index is 1.53. The molecule has 2 aliphatic heterocycles. The molecule has 3 heterocycles. The number of alkyl halides is 1. The van der Waals surface area contributed by atoms with Crippen molar-refractivity contribution in [3.05, 3.63) is 30.1 Å². The van der Waals surface area contributed by atoms with E-state index in [0.717, 1.165) is 31.7 Å². The van der Waals surface area contributed by atoms with Gasteiger partial charge in [-0.3, -0.25) is 9.97 Å². The van der Waals surface area contributed by atoms with Crippen molar-refractivity contribution in [1.82, 2.24) is 14.9 Å². The summed E-state index contributed by atoms with van der Waals surface area (Å²) in [5, 5.41) is 9.29. The number of hydrogen-bond acceptors (Lipinski definition) is 6. The number of nitriles is 1. The van der Waals surface area contributed by atoms with Crippen molar-refractivity contribution in [2.45, 2.75) is 19.5 Å². The average molecular weight is 368 g/mol. The predicted octanol–water partition coefficient (Wildman–Crippen LogP) is 1.95. The van der Waals surface area contributed by atoms with E-state index >= 15 is 0 Å². The highest BCUT2D eigenvalue weighted by atomic mass is 19.1. The monoisotopic (exact) mass is 368 g/mol. The number of fused-ring (bicyclic) bond motifs is 1. The Hall–Kier alpha value is -2.30. The maximum atomic E-state index is 14.8. The van der Waals surface area contributed by atoms with E-state index in [-0.39, 0.29) is 11.3 Å². The van der Waals surface area contributed by atoms with Gasteiger partial charge >= 0.3 is 0 Å². The topological polar surface area (TPSA) is 82.1 Å². The van der Waals surface area contributed by atoms with Gasteiger partial charge in [0, 0.05) is 44.5 Å². The van der Waals surface area contributed by atoms with E-state index in [1.165, 1.54) is 0 Å². The highest BCUT2D eigenvalue weighted by molar-refractivity contribution is 5.92. The summed E-state index contributed by atoms with van der Waals surface area (Å²) >= 11 is 0. The third-order valence-corrected chi connectivity index (χ3v) is 6.05. The van der Waals surface area contributed by atoms with E-state index in [2.05, 4.69) is 27.9 Å². The van der Waals surface area contributed by atoms with E-state index in [0.29, 0.717) is 36.2 Å². The van der Waals surface area contributed by atoms with Crippen LogP contribution in [0.4, 0.5) is 10.1 Å². The molecule has 7 heteroatoms. The second-order valence-corrected chi connectivity index (χ2v) is 8.18. The summed E-state index contributed by atoms with van der Waals surface area (Å²) in [6, 6.07) is 5.77. The summed E-state index contributed by atoms with van der Waals surface area (Å²) < 4.78 is 14.8. The number of hydrogen-bond donors (Lipinski definition) is 1. The fraction of sp³-hybridized carbons (Fsp3) is 0.550. The fourth-order valence-corrected chi connectivity index (χ4v) is 4.37. The van der Waals surface area contributed by atoms with Crippen LogP contribution in [0.5, 0.6) is 0 Å². The number of nitrogens with two attached hydrogens (primary N) is 1. The fourth-order valence-electron chi connectivity index (χ4n) is 4.37. The Kier molecular flexibility index (Phi) is 4.70. The summed E-state index contributed by atoms with van der Waals surface area (Å²) in [5.74, 6) is -0.0347. The smallest absolute Gasteiger partial charge is 0.123 e. The lowest BCUT2D eigenvalue weighted by Crippen LogP contribution is -2.35. The van der Waals surface area contributed by atoms with Gasteiger partial charge in [0.1, 0.15) is 23.3 Å². The molecule has 2 aliphatic rings. The van der Waals surface area contributed by atoms with Crippen molar-refractivity contribution in [3.8, 4) is 6.07 Å². The largest absolute Gasteiger partial charge is 0.366 e. The van der Waals surface area contributed by atoms with Crippen LogP contribution in [0.3, 0.4) is 0 Å². The minimum absolute atomic E-state index is 0.0347. The van der Waals surface area contributed by atoms with E-state index < -0.39 is 6.17 Å². The Bertz CT molecular complexity index is 880. The molecule has 0 saturated carbocycles. The molecule has 0 aliphatic carbocycles. The number of aromatic nitrogens is 2. The lowest BCUT2D eigenvalue weighted by atomic mass is 9.90. The number of rotatable bonds is 4. The zero-order valence-corrected chi connectivity index (χ0v) is 15.6. The van der Waals surface area contributed by atoms with E-state index in [1.807, 2.05) is 11.0 Å². The summed E-state index contributed by atoms with van der Waals surface area (Å²) in [6.07, 6.45) is 3.40. The van der Waals surface area contributed by atoms with Crippen molar-refractivity contribution < 1.29 is 4.39 Å². The quantitative estimate of drug-likeness (QED) is 0.888. The zero-order valence-electron chi connectivity index (χ0n) is 15.6. The second-order valence-electron chi connectivity index (χ2n) is 8.18. The molecule has 3 atom stereocenters. The van der Waals surface area contributed by atoms with Gasteiger partial charge in [0.25, 0.3) is 0 Å². The van der Waals surface area contributed by atoms with Gasteiger partial charge in [-0.25, -0.2) is 4.39 Å². The van der Waals surface area contributed by atoms with Gasteiger partial charge in [-0.1, -0.05) is 6.92 Å². The minimum atomic E-state index is -0.878. The van der Waals surface area contributed by atoms with Crippen LogP contribution < -0.4 is 10.6 Å². The van der Waals surface area contributed by atoms with E-state index in [9.17, 15) is 9.65 Å². The molecule has 2 fully saturated rings. The first-order valence-corrected chi connectivity index (χ1v) is 9.48. The van der Waals surface area contributed by atoms with Gasteiger partial charge in [-0.2, -0.15) is 5.26 Å². The Labute approximate surface area is 158 Å². The van der Waals surface area contributed by atoms with Crippen LogP contribution in [-0.4, -0.2) is 60.3 Å². The maximum Gasteiger partial charge on any atom is 0.123 e. The van der Waals surface area contributed by atoms with Crippen molar-refractivity contribution in [3.63, 3.8) is 0 Å². The molecule has 0 bridgehead atoms. The van der Waals surface area contributed by atoms with Gasteiger partial charge in [-0.15, -0.1) is 0 Å². The molecule has 27 heavy (non-hydrogen) atoms. The molecule has 2 unspecified atom stereocenters. The number of benzene rings is 1. The highest BCUT2D eigenvalue weighted by Gasteiger charge is 2.38. The van der Waals surface area contributed by atoms with Crippen molar-refractivity contribution in [1.29, 1.82) is 5.26 Å². The Morgan fingerprint density at radius 1 is 1.30 bits per heavy atom. The number of nitrogens with zero attached hydrogens (tertiary/aromatic N) is 5. The number of likely N-dealkylation sites (tertiary alicyclic amines) is 1. The van der Waals surface area contributed by atoms with E-state index in [4.69, 9.17) is 5.73 Å². The maximum absolute atomic E-state index is 14.8. The number of anilines is 1. The molecule has 2 saturated heterocycles. The second kappa shape index (κ2) is 7.02. The summed E-state index contributed by atoms with van der Waals surface area (Å²) in [7, 11) is 0. The highest BCUT2D eigenvalue weighted by Crippen LogP contribution is 2.34. The molecule has 1 aromatic heterocycles. The third kappa shape index (κ3) is 3.35. The average Bonchev–Trinajstić information content (AvgIpc) is 3.24. The molecule has 1 aromatic carbocycles. The van der Waals surface area contributed by atoms with Crippen molar-refractivity contribution >= 4 is 16.7 Å². The molecular weight excluding hydrogens is 343 g/mol. The molecule has 0 amide bonds. The van der Waals surface area contributed by atoms with Crippen LogP contribution in [0.15, 0.2) is 24.5 Å². The first kappa shape index (κ1) is 18.1. The lowest BCUT2D eigenvalue weighted by Gasteiger charge is -2.25. The molecule has 4 rings (SSSR count). The van der Waals surface area contributed by atoms with Crippen LogP contribution >= 0.6 is 0 Å². The van der Waals surface area contributed by atoms with Crippen LogP contribution in [0.2, 0.25) is 0 Å². The number of halogens is 1. The minimum Gasteiger partial charge on any atom is -0.366 e. The van der Waals surface area contributed by atoms with Crippen LogP contribution in [0, 0.1) is 22.7 Å². The van der Waals surface area contributed by atoms with Crippen LogP contribution in [0.25, 0.3) is 11.0 Å². The summed E-state index contributed by atoms with van der Waals surface area (Å²) in [6.45, 7) is 6.57. The van der Waals surface area contributed by atoms with Crippen molar-refractivity contribution in [2.75, 3.05) is 44.2 Å². The van der Waals surface area contributed by atoms with Crippen LogP contribution in [-0.2, 0) is 0 Å². The molecular formula is C20H25FN6. The van der Waals surface area contributed by atoms with Crippen molar-refractivity contribution in [2.24, 2.45) is 17.1 Å². The predicted molar refractivity (Wildman–Crippen MR) is 103 cm³/mol. The van der Waals surface area contributed by atoms with Gasteiger partial charge in [0.2, 0.25) is 0 Å². The molecule has 2 aromatic rings. The Morgan fingerprint density at radius 3 is 2.78 bits per heavy atom. The first-order valence-electron chi connectivity index (χ1n) is 9.48. The lowest BCUT2D eigenvalue weighted by molar-refractivity contribution is 0.197. The first-order chi connectivity index (χ1) is 13.0. The third-order valence-electron chi connectivity index (χ3n) is 6.05. The summed E-state index contributed by atoms with van der Waals surface area (Å²) in [5.41, 5.74) is 8.65. The summed E-state index contributed by atoms with van der Waals surface area (Å²) in [4.78, 5) is 13.1. The molecule has 2 N–H and O–H groups in total. The van der Waals surface area contributed by atoms with Gasteiger partial charge in [0.15, 0.2) is 0 Å². The molecule has 142 valence electrons. The zero-order chi connectivity index (χ0) is 19.0. The van der Waals surface area contributed by atoms with Gasteiger partial charge in [0.05, 0.1) is 11.3 Å². The van der Waals surface area contributed by atoms with E-state index in [1.54, 1.807) is 18.5 Å². The van der Waals surface area contributed by atoms with Crippen LogP contribution in [0.1, 0.15) is 18.9 Å². The normalized spacial score (nSPS) is 28.7. The molecule has 0 spiro atoms. The standard InChI is InChI=1S/C20H25FN6/c1-20(12-23)4-7-26(13-20)9-15-10-27(11-16(15)21)17-3-2-14(8-22)18-19(17)25-6-5-24-18/h2-3,5-6,15-16H,4,7,9-13,23H2,1H3/t15-,16?,20?/m0/s1. The molecule has 6 nitrogen and oxygen atoms in total.